The summed E-state index contributed by atoms with van der Waals surface area (Å²) in [4.78, 5) is 0. The molecule has 19 heavy (non-hydrogen) atoms. The molecule has 1 saturated carbocycles. The summed E-state index contributed by atoms with van der Waals surface area (Å²) in [5.41, 5.74) is 2.69. The van der Waals surface area contributed by atoms with Crippen molar-refractivity contribution < 1.29 is 9.13 Å². The van der Waals surface area contributed by atoms with E-state index in [1.807, 2.05) is 6.92 Å². The molecule has 106 valence electrons. The predicted molar refractivity (Wildman–Crippen MR) is 77.1 cm³/mol. The molecular weight excluding hydrogens is 239 g/mol. The first-order valence-corrected chi connectivity index (χ1v) is 7.56. The smallest absolute Gasteiger partial charge is 0.0897 e. The largest absolute Gasteiger partial charge is 0.377 e. The van der Waals surface area contributed by atoms with E-state index in [1.165, 1.54) is 36.8 Å². The molecule has 1 aliphatic carbocycles. The van der Waals surface area contributed by atoms with E-state index in [4.69, 9.17) is 4.74 Å². The molecule has 0 bridgehead atoms. The molecule has 2 rings (SSSR count). The third-order valence-corrected chi connectivity index (χ3v) is 4.29. The van der Waals surface area contributed by atoms with Gasteiger partial charge < -0.3 is 4.74 Å². The van der Waals surface area contributed by atoms with Gasteiger partial charge in [-0.05, 0) is 62.0 Å². The highest BCUT2D eigenvalue weighted by atomic mass is 19.1. The summed E-state index contributed by atoms with van der Waals surface area (Å²) in [6.45, 7) is 3.34. The minimum atomic E-state index is -0.151. The van der Waals surface area contributed by atoms with Gasteiger partial charge in [-0.15, -0.1) is 0 Å². The maximum Gasteiger partial charge on any atom is 0.0897 e. The molecule has 0 radical (unpaired) electrons. The van der Waals surface area contributed by atoms with E-state index >= 15 is 0 Å². The standard InChI is InChI=1S/C17H25FO/c1-2-19-13-15-5-9-17(10-6-15)16-7-3-14(4-8-16)11-12-18/h5-6,9-10,14,16H,2-4,7-8,11-13H2,1H3. The van der Waals surface area contributed by atoms with E-state index in [0.717, 1.165) is 13.0 Å². The highest BCUT2D eigenvalue weighted by molar-refractivity contribution is 5.25. The molecule has 0 amide bonds. The van der Waals surface area contributed by atoms with Crippen molar-refractivity contribution in [1.82, 2.24) is 0 Å². The molecule has 1 nitrogen and oxygen atoms in total. The van der Waals surface area contributed by atoms with Crippen LogP contribution in [0.1, 0.15) is 56.1 Å². The first-order chi connectivity index (χ1) is 9.33. The van der Waals surface area contributed by atoms with Gasteiger partial charge >= 0.3 is 0 Å². The normalized spacial score (nSPS) is 23.5. The van der Waals surface area contributed by atoms with Gasteiger partial charge in [-0.2, -0.15) is 0 Å². The van der Waals surface area contributed by atoms with Crippen LogP contribution in [-0.2, 0) is 11.3 Å². The first-order valence-electron chi connectivity index (χ1n) is 7.56. The number of hydrogen-bond acceptors (Lipinski definition) is 1. The Morgan fingerprint density at radius 1 is 1.11 bits per heavy atom. The monoisotopic (exact) mass is 264 g/mol. The Balaban J connectivity index is 1.85. The van der Waals surface area contributed by atoms with Crippen LogP contribution in [0.25, 0.3) is 0 Å². The summed E-state index contributed by atoms with van der Waals surface area (Å²) in [5, 5.41) is 0. The van der Waals surface area contributed by atoms with Gasteiger partial charge in [0.15, 0.2) is 0 Å². The lowest BCUT2D eigenvalue weighted by Gasteiger charge is -2.28. The Labute approximate surface area is 116 Å². The molecule has 1 aromatic carbocycles. The highest BCUT2D eigenvalue weighted by Gasteiger charge is 2.21. The maximum absolute atomic E-state index is 12.3. The molecule has 2 heteroatoms. The fourth-order valence-corrected chi connectivity index (χ4v) is 3.04. The minimum absolute atomic E-state index is 0.151. The van der Waals surface area contributed by atoms with Crippen molar-refractivity contribution in [3.63, 3.8) is 0 Å². The predicted octanol–water partition coefficient (Wildman–Crippen LogP) is 4.86. The highest BCUT2D eigenvalue weighted by Crippen LogP contribution is 2.37. The third-order valence-electron chi connectivity index (χ3n) is 4.29. The third kappa shape index (κ3) is 4.31. The van der Waals surface area contributed by atoms with Crippen LogP contribution in [0.5, 0.6) is 0 Å². The van der Waals surface area contributed by atoms with Crippen molar-refractivity contribution in [1.29, 1.82) is 0 Å². The van der Waals surface area contributed by atoms with Crippen molar-refractivity contribution in [2.45, 2.75) is 51.6 Å². The van der Waals surface area contributed by atoms with Crippen molar-refractivity contribution in [3.05, 3.63) is 35.4 Å². The van der Waals surface area contributed by atoms with Crippen LogP contribution in [0.3, 0.4) is 0 Å². The molecule has 1 fully saturated rings. The molecular formula is C17H25FO. The summed E-state index contributed by atoms with van der Waals surface area (Å²) >= 11 is 0. The van der Waals surface area contributed by atoms with E-state index in [1.54, 1.807) is 0 Å². The van der Waals surface area contributed by atoms with Gasteiger partial charge in [-0.3, -0.25) is 4.39 Å². The SMILES string of the molecule is CCOCc1ccc(C2CCC(CCF)CC2)cc1. The quantitative estimate of drug-likeness (QED) is 0.713. The number of ether oxygens (including phenoxy) is 1. The maximum atomic E-state index is 12.3. The van der Waals surface area contributed by atoms with Crippen molar-refractivity contribution in [2.75, 3.05) is 13.3 Å². The summed E-state index contributed by atoms with van der Waals surface area (Å²) in [5.74, 6) is 1.30. The Bertz CT molecular complexity index is 352. The van der Waals surface area contributed by atoms with Crippen LogP contribution in [0.15, 0.2) is 24.3 Å². The molecule has 0 aromatic heterocycles. The minimum Gasteiger partial charge on any atom is -0.377 e. The van der Waals surface area contributed by atoms with Crippen LogP contribution in [0.2, 0.25) is 0 Å². The second-order valence-electron chi connectivity index (χ2n) is 5.57. The zero-order chi connectivity index (χ0) is 13.5. The molecule has 0 heterocycles. The van der Waals surface area contributed by atoms with Crippen molar-refractivity contribution >= 4 is 0 Å². The van der Waals surface area contributed by atoms with Gasteiger partial charge in [-0.25, -0.2) is 0 Å². The Hall–Kier alpha value is -0.890. The number of hydrogen-bond donors (Lipinski definition) is 0. The van der Waals surface area contributed by atoms with Crippen molar-refractivity contribution in [3.8, 4) is 0 Å². The van der Waals surface area contributed by atoms with E-state index in [0.29, 0.717) is 18.4 Å². The second-order valence-corrected chi connectivity index (χ2v) is 5.57. The molecule has 0 atom stereocenters. The van der Waals surface area contributed by atoms with Crippen molar-refractivity contribution in [2.24, 2.45) is 5.92 Å². The van der Waals surface area contributed by atoms with E-state index in [2.05, 4.69) is 24.3 Å². The number of alkyl halides is 1. The van der Waals surface area contributed by atoms with Gasteiger partial charge in [0.2, 0.25) is 0 Å². The van der Waals surface area contributed by atoms with Crippen LogP contribution in [0, 0.1) is 5.92 Å². The van der Waals surface area contributed by atoms with Gasteiger partial charge in [0.25, 0.3) is 0 Å². The number of halogens is 1. The fraction of sp³-hybridized carbons (Fsp3) is 0.647. The molecule has 0 spiro atoms. The molecule has 1 aromatic rings. The topological polar surface area (TPSA) is 9.23 Å². The Kier molecular flexibility index (Phi) is 5.84. The van der Waals surface area contributed by atoms with Crippen LogP contribution in [-0.4, -0.2) is 13.3 Å². The van der Waals surface area contributed by atoms with Gasteiger partial charge in [-0.1, -0.05) is 24.3 Å². The lowest BCUT2D eigenvalue weighted by atomic mass is 9.77. The fourth-order valence-electron chi connectivity index (χ4n) is 3.04. The van der Waals surface area contributed by atoms with E-state index < -0.39 is 0 Å². The molecule has 0 saturated heterocycles. The molecule has 0 unspecified atom stereocenters. The van der Waals surface area contributed by atoms with Gasteiger partial charge in [0, 0.05) is 6.61 Å². The summed E-state index contributed by atoms with van der Waals surface area (Å²) in [7, 11) is 0. The second kappa shape index (κ2) is 7.64. The lowest BCUT2D eigenvalue weighted by molar-refractivity contribution is 0.134. The average Bonchev–Trinajstić information content (AvgIpc) is 2.47. The van der Waals surface area contributed by atoms with Crippen LogP contribution in [0.4, 0.5) is 4.39 Å². The van der Waals surface area contributed by atoms with Gasteiger partial charge in [0.05, 0.1) is 13.3 Å². The average molecular weight is 264 g/mol. The number of rotatable bonds is 6. The summed E-state index contributed by atoms with van der Waals surface area (Å²) in [6.07, 6.45) is 5.58. The lowest BCUT2D eigenvalue weighted by Crippen LogP contribution is -2.13. The zero-order valence-corrected chi connectivity index (χ0v) is 11.9. The first kappa shape index (κ1) is 14.5. The molecule has 0 N–H and O–H groups in total. The van der Waals surface area contributed by atoms with Crippen LogP contribution >= 0.6 is 0 Å². The Morgan fingerprint density at radius 2 is 1.79 bits per heavy atom. The number of benzene rings is 1. The van der Waals surface area contributed by atoms with E-state index in [9.17, 15) is 4.39 Å². The van der Waals surface area contributed by atoms with E-state index in [-0.39, 0.29) is 6.67 Å². The summed E-state index contributed by atoms with van der Waals surface area (Å²) in [6, 6.07) is 8.85. The summed E-state index contributed by atoms with van der Waals surface area (Å²) < 4.78 is 17.7. The Morgan fingerprint density at radius 3 is 2.37 bits per heavy atom. The molecule has 0 aliphatic heterocycles. The zero-order valence-electron chi connectivity index (χ0n) is 11.9. The molecule has 1 aliphatic rings. The van der Waals surface area contributed by atoms with Crippen LogP contribution < -0.4 is 0 Å². The van der Waals surface area contributed by atoms with Gasteiger partial charge in [0.1, 0.15) is 0 Å².